The highest BCUT2D eigenvalue weighted by atomic mass is 35.5. The van der Waals surface area contributed by atoms with E-state index in [1.807, 2.05) is 12.1 Å². The van der Waals surface area contributed by atoms with Gasteiger partial charge in [0.25, 0.3) is 0 Å². The number of aromatic nitrogens is 2. The van der Waals surface area contributed by atoms with E-state index < -0.39 is 0 Å². The second-order valence-corrected chi connectivity index (χ2v) is 6.48. The summed E-state index contributed by atoms with van der Waals surface area (Å²) < 4.78 is 2.35. The summed E-state index contributed by atoms with van der Waals surface area (Å²) in [5, 5.41) is 0.752. The lowest BCUT2D eigenvalue weighted by Gasteiger charge is -2.40. The Kier molecular flexibility index (Phi) is 3.74. The second kappa shape index (κ2) is 5.38. The highest BCUT2D eigenvalue weighted by Gasteiger charge is 2.37. The second-order valence-electron chi connectivity index (χ2n) is 6.05. The Morgan fingerprint density at radius 2 is 2.20 bits per heavy atom. The first kappa shape index (κ1) is 13.9. The normalized spacial score (nSPS) is 17.4. The van der Waals surface area contributed by atoms with Crippen molar-refractivity contribution < 1.29 is 0 Å². The van der Waals surface area contributed by atoms with Crippen molar-refractivity contribution in [1.82, 2.24) is 9.55 Å². The van der Waals surface area contributed by atoms with Gasteiger partial charge in [-0.3, -0.25) is 0 Å². The first-order valence-corrected chi connectivity index (χ1v) is 7.90. The standard InChI is InChI=1S/C16H22ClN3/c1-2-8-20-14-5-4-12(17)9-13(14)19-15(20)10-16(11-18)6-3-7-16/h4-5,9H,2-3,6-8,10-11,18H2,1H3. The van der Waals surface area contributed by atoms with Gasteiger partial charge in [0.2, 0.25) is 0 Å². The lowest BCUT2D eigenvalue weighted by Crippen LogP contribution is -2.39. The maximum atomic E-state index is 6.09. The zero-order valence-electron chi connectivity index (χ0n) is 12.0. The first-order chi connectivity index (χ1) is 9.67. The van der Waals surface area contributed by atoms with Crippen LogP contribution in [-0.2, 0) is 13.0 Å². The molecule has 0 saturated heterocycles. The van der Waals surface area contributed by atoms with E-state index >= 15 is 0 Å². The summed E-state index contributed by atoms with van der Waals surface area (Å²) in [6.45, 7) is 3.98. The van der Waals surface area contributed by atoms with E-state index in [1.165, 1.54) is 30.6 Å². The van der Waals surface area contributed by atoms with Crippen LogP contribution in [0.15, 0.2) is 18.2 Å². The quantitative estimate of drug-likeness (QED) is 0.911. The molecule has 1 saturated carbocycles. The molecular weight excluding hydrogens is 270 g/mol. The molecular formula is C16H22ClN3. The Labute approximate surface area is 125 Å². The van der Waals surface area contributed by atoms with Crippen molar-refractivity contribution in [3.63, 3.8) is 0 Å². The first-order valence-electron chi connectivity index (χ1n) is 7.52. The van der Waals surface area contributed by atoms with E-state index in [0.717, 1.165) is 36.5 Å². The van der Waals surface area contributed by atoms with Gasteiger partial charge in [-0.25, -0.2) is 4.98 Å². The molecule has 1 aliphatic rings. The Balaban J connectivity index is 2.02. The van der Waals surface area contributed by atoms with E-state index in [-0.39, 0.29) is 5.41 Å². The van der Waals surface area contributed by atoms with Gasteiger partial charge in [0.05, 0.1) is 11.0 Å². The van der Waals surface area contributed by atoms with Crippen LogP contribution in [0, 0.1) is 5.41 Å². The molecule has 2 aromatic rings. The number of nitrogens with two attached hydrogens (primary N) is 1. The van der Waals surface area contributed by atoms with Crippen molar-refractivity contribution >= 4 is 22.6 Å². The van der Waals surface area contributed by atoms with Gasteiger partial charge < -0.3 is 10.3 Å². The van der Waals surface area contributed by atoms with E-state index in [4.69, 9.17) is 22.3 Å². The average molecular weight is 292 g/mol. The molecule has 3 rings (SSSR count). The maximum Gasteiger partial charge on any atom is 0.110 e. The molecule has 108 valence electrons. The predicted octanol–water partition coefficient (Wildman–Crippen LogP) is 3.77. The molecule has 0 spiro atoms. The number of benzene rings is 1. The van der Waals surface area contributed by atoms with Gasteiger partial charge in [0, 0.05) is 18.0 Å². The Bertz CT molecular complexity index is 608. The minimum absolute atomic E-state index is 0.288. The fraction of sp³-hybridized carbons (Fsp3) is 0.562. The van der Waals surface area contributed by atoms with E-state index in [1.54, 1.807) is 0 Å². The van der Waals surface area contributed by atoms with E-state index in [2.05, 4.69) is 17.6 Å². The summed E-state index contributed by atoms with van der Waals surface area (Å²) in [7, 11) is 0. The molecule has 0 amide bonds. The summed E-state index contributed by atoms with van der Waals surface area (Å²) in [6.07, 6.45) is 5.88. The van der Waals surface area contributed by atoms with Gasteiger partial charge in [-0.2, -0.15) is 0 Å². The summed E-state index contributed by atoms with van der Waals surface area (Å²) in [4.78, 5) is 4.83. The van der Waals surface area contributed by atoms with Crippen LogP contribution in [0.25, 0.3) is 11.0 Å². The molecule has 2 N–H and O–H groups in total. The average Bonchev–Trinajstić information content (AvgIpc) is 2.71. The zero-order valence-corrected chi connectivity index (χ0v) is 12.8. The number of hydrogen-bond donors (Lipinski definition) is 1. The molecule has 1 aromatic carbocycles. The van der Waals surface area contributed by atoms with Crippen LogP contribution in [0.5, 0.6) is 0 Å². The summed E-state index contributed by atoms with van der Waals surface area (Å²) in [5.74, 6) is 1.18. The van der Waals surface area contributed by atoms with Gasteiger partial charge in [0.1, 0.15) is 5.82 Å². The molecule has 4 heteroatoms. The molecule has 0 bridgehead atoms. The number of rotatable bonds is 5. The molecule has 1 heterocycles. The number of halogens is 1. The van der Waals surface area contributed by atoms with Crippen LogP contribution in [0.2, 0.25) is 5.02 Å². The van der Waals surface area contributed by atoms with Crippen molar-refractivity contribution in [2.75, 3.05) is 6.54 Å². The lowest BCUT2D eigenvalue weighted by atomic mass is 9.66. The third kappa shape index (κ3) is 2.33. The van der Waals surface area contributed by atoms with Crippen LogP contribution < -0.4 is 5.73 Å². The van der Waals surface area contributed by atoms with Crippen LogP contribution in [0.1, 0.15) is 38.4 Å². The Morgan fingerprint density at radius 1 is 1.40 bits per heavy atom. The van der Waals surface area contributed by atoms with Crippen molar-refractivity contribution in [3.8, 4) is 0 Å². The third-order valence-electron chi connectivity index (χ3n) is 4.62. The molecule has 1 aromatic heterocycles. The summed E-state index contributed by atoms with van der Waals surface area (Å²) >= 11 is 6.09. The minimum atomic E-state index is 0.288. The van der Waals surface area contributed by atoms with Crippen LogP contribution >= 0.6 is 11.6 Å². The van der Waals surface area contributed by atoms with Crippen molar-refractivity contribution in [2.45, 2.75) is 45.6 Å². The van der Waals surface area contributed by atoms with Crippen molar-refractivity contribution in [1.29, 1.82) is 0 Å². The maximum absolute atomic E-state index is 6.09. The Hall–Kier alpha value is -1.06. The SMILES string of the molecule is CCCn1c(CC2(CN)CCC2)nc2cc(Cl)ccc21. The van der Waals surface area contributed by atoms with Crippen LogP contribution in [0.3, 0.4) is 0 Å². The van der Waals surface area contributed by atoms with Gasteiger partial charge >= 0.3 is 0 Å². The molecule has 20 heavy (non-hydrogen) atoms. The van der Waals surface area contributed by atoms with Crippen molar-refractivity contribution in [3.05, 3.63) is 29.0 Å². The molecule has 0 radical (unpaired) electrons. The molecule has 1 fully saturated rings. The van der Waals surface area contributed by atoms with Crippen molar-refractivity contribution in [2.24, 2.45) is 11.1 Å². The molecule has 3 nitrogen and oxygen atoms in total. The number of fused-ring (bicyclic) bond motifs is 1. The molecule has 0 aliphatic heterocycles. The number of hydrogen-bond acceptors (Lipinski definition) is 2. The van der Waals surface area contributed by atoms with Gasteiger partial charge in [0.15, 0.2) is 0 Å². The monoisotopic (exact) mass is 291 g/mol. The van der Waals surface area contributed by atoms with E-state index in [0.29, 0.717) is 0 Å². The number of aryl methyl sites for hydroxylation is 1. The highest BCUT2D eigenvalue weighted by Crippen LogP contribution is 2.42. The fourth-order valence-corrected chi connectivity index (χ4v) is 3.39. The third-order valence-corrected chi connectivity index (χ3v) is 4.85. The van der Waals surface area contributed by atoms with E-state index in [9.17, 15) is 0 Å². The molecule has 0 unspecified atom stereocenters. The van der Waals surface area contributed by atoms with Crippen LogP contribution in [-0.4, -0.2) is 16.1 Å². The predicted molar refractivity (Wildman–Crippen MR) is 84.1 cm³/mol. The summed E-state index contributed by atoms with van der Waals surface area (Å²) in [6, 6.07) is 5.99. The number of nitrogens with zero attached hydrogens (tertiary/aromatic N) is 2. The topological polar surface area (TPSA) is 43.8 Å². The van der Waals surface area contributed by atoms with Gasteiger partial charge in [-0.05, 0) is 49.4 Å². The number of imidazole rings is 1. The Morgan fingerprint density at radius 3 is 2.80 bits per heavy atom. The minimum Gasteiger partial charge on any atom is -0.330 e. The van der Waals surface area contributed by atoms with Gasteiger partial charge in [-0.15, -0.1) is 0 Å². The smallest absolute Gasteiger partial charge is 0.110 e. The van der Waals surface area contributed by atoms with Gasteiger partial charge in [-0.1, -0.05) is 24.9 Å². The molecule has 0 atom stereocenters. The largest absolute Gasteiger partial charge is 0.330 e. The summed E-state index contributed by atoms with van der Waals surface area (Å²) in [5.41, 5.74) is 8.49. The lowest BCUT2D eigenvalue weighted by molar-refractivity contribution is 0.140. The zero-order chi connectivity index (χ0) is 14.2. The van der Waals surface area contributed by atoms with Crippen LogP contribution in [0.4, 0.5) is 0 Å². The highest BCUT2D eigenvalue weighted by molar-refractivity contribution is 6.31. The molecule has 1 aliphatic carbocycles. The fourth-order valence-electron chi connectivity index (χ4n) is 3.23.